The van der Waals surface area contributed by atoms with Gasteiger partial charge in [0.2, 0.25) is 0 Å². The zero-order valence-corrected chi connectivity index (χ0v) is 11.4. The molecule has 0 aliphatic heterocycles. The first-order valence-electron chi connectivity index (χ1n) is 4.84. The van der Waals surface area contributed by atoms with Crippen molar-refractivity contribution in [1.29, 1.82) is 0 Å². The lowest BCUT2D eigenvalue weighted by molar-refractivity contribution is 0.103. The van der Waals surface area contributed by atoms with Crippen molar-refractivity contribution >= 4 is 44.7 Å². The summed E-state index contributed by atoms with van der Waals surface area (Å²) in [6, 6.07) is 3.60. The minimum atomic E-state index is -0.226. The molecular weight excluding hydrogens is 302 g/mol. The van der Waals surface area contributed by atoms with Gasteiger partial charge in [-0.25, -0.2) is 4.98 Å². The monoisotopic (exact) mass is 311 g/mol. The predicted octanol–water partition coefficient (Wildman–Crippen LogP) is 3.05. The van der Waals surface area contributed by atoms with Gasteiger partial charge in [-0.15, -0.1) is 11.3 Å². The molecule has 2 heterocycles. The molecule has 0 aromatic carbocycles. The number of rotatable bonds is 2. The van der Waals surface area contributed by atoms with Gasteiger partial charge in [0.1, 0.15) is 10.7 Å². The topological polar surface area (TPSA) is 68.0 Å². The Morgan fingerprint density at radius 2 is 2.35 bits per heavy atom. The van der Waals surface area contributed by atoms with Crippen molar-refractivity contribution in [2.75, 3.05) is 11.1 Å². The summed E-state index contributed by atoms with van der Waals surface area (Å²) in [6.07, 6.45) is 1.64. The molecule has 0 radical (unpaired) electrons. The average molecular weight is 312 g/mol. The maximum atomic E-state index is 11.9. The van der Waals surface area contributed by atoms with Crippen molar-refractivity contribution in [2.45, 2.75) is 6.92 Å². The second kappa shape index (κ2) is 4.85. The number of thiophene rings is 1. The Morgan fingerprint density at radius 1 is 1.59 bits per heavy atom. The second-order valence-electron chi connectivity index (χ2n) is 3.48. The summed E-state index contributed by atoms with van der Waals surface area (Å²) < 4.78 is 0.878. The lowest BCUT2D eigenvalue weighted by atomic mass is 10.3. The smallest absolute Gasteiger partial charge is 0.269 e. The van der Waals surface area contributed by atoms with Crippen molar-refractivity contribution < 1.29 is 4.79 Å². The van der Waals surface area contributed by atoms with Gasteiger partial charge in [-0.05, 0) is 45.9 Å². The van der Waals surface area contributed by atoms with E-state index < -0.39 is 0 Å². The van der Waals surface area contributed by atoms with E-state index in [9.17, 15) is 4.79 Å². The van der Waals surface area contributed by atoms with Crippen LogP contribution in [0.3, 0.4) is 0 Å². The Bertz CT molecular complexity index is 568. The van der Waals surface area contributed by atoms with Crippen LogP contribution < -0.4 is 11.1 Å². The van der Waals surface area contributed by atoms with Crippen molar-refractivity contribution in [3.63, 3.8) is 0 Å². The Kier molecular flexibility index (Phi) is 3.44. The highest BCUT2D eigenvalue weighted by atomic mass is 79.9. The number of amides is 1. The molecule has 0 atom stereocenters. The third-order valence-corrected chi connectivity index (χ3v) is 3.54. The van der Waals surface area contributed by atoms with Gasteiger partial charge in [-0.1, -0.05) is 0 Å². The minimum absolute atomic E-state index is 0.226. The summed E-state index contributed by atoms with van der Waals surface area (Å²) in [6.45, 7) is 1.88. The van der Waals surface area contributed by atoms with Gasteiger partial charge in [0.15, 0.2) is 0 Å². The third-order valence-electron chi connectivity index (χ3n) is 2.18. The highest BCUT2D eigenvalue weighted by Gasteiger charge is 2.13. The minimum Gasteiger partial charge on any atom is -0.397 e. The second-order valence-corrected chi connectivity index (χ2v) is 5.31. The van der Waals surface area contributed by atoms with Gasteiger partial charge in [0, 0.05) is 10.7 Å². The molecule has 88 valence electrons. The number of aryl methyl sites for hydroxylation is 1. The Morgan fingerprint density at radius 3 is 2.94 bits per heavy atom. The van der Waals surface area contributed by atoms with Gasteiger partial charge in [0.25, 0.3) is 5.91 Å². The fraction of sp³-hybridized carbons (Fsp3) is 0.0909. The van der Waals surface area contributed by atoms with Crippen LogP contribution >= 0.6 is 27.3 Å². The summed E-state index contributed by atoms with van der Waals surface area (Å²) >= 11 is 4.63. The molecule has 1 amide bonds. The van der Waals surface area contributed by atoms with Crippen molar-refractivity contribution in [1.82, 2.24) is 4.98 Å². The van der Waals surface area contributed by atoms with Crippen molar-refractivity contribution in [3.05, 3.63) is 38.6 Å². The lowest BCUT2D eigenvalue weighted by Crippen LogP contribution is -2.13. The molecule has 0 fully saturated rings. The van der Waals surface area contributed by atoms with E-state index in [0.29, 0.717) is 16.4 Å². The first-order valence-corrected chi connectivity index (χ1v) is 6.51. The number of halogens is 1. The molecule has 6 heteroatoms. The molecule has 2 aromatic heterocycles. The average Bonchev–Trinajstić information content (AvgIpc) is 2.68. The van der Waals surface area contributed by atoms with Crippen molar-refractivity contribution in [2.24, 2.45) is 0 Å². The quantitative estimate of drug-likeness (QED) is 0.895. The van der Waals surface area contributed by atoms with Crippen LogP contribution in [0.2, 0.25) is 0 Å². The van der Waals surface area contributed by atoms with Crippen LogP contribution in [0.15, 0.2) is 28.2 Å². The summed E-state index contributed by atoms with van der Waals surface area (Å²) in [7, 11) is 0. The fourth-order valence-corrected chi connectivity index (χ4v) is 2.50. The molecule has 0 saturated heterocycles. The number of nitrogen functional groups attached to an aromatic ring is 1. The third kappa shape index (κ3) is 2.65. The zero-order chi connectivity index (χ0) is 12.4. The number of anilines is 2. The van der Waals surface area contributed by atoms with Crippen LogP contribution in [-0.2, 0) is 0 Å². The first kappa shape index (κ1) is 12.1. The number of hydrogen-bond acceptors (Lipinski definition) is 4. The van der Waals surface area contributed by atoms with E-state index >= 15 is 0 Å². The number of hydrogen-bond donors (Lipinski definition) is 2. The molecule has 0 spiro atoms. The maximum Gasteiger partial charge on any atom is 0.269 e. The molecule has 17 heavy (non-hydrogen) atoms. The van der Waals surface area contributed by atoms with Crippen LogP contribution in [-0.4, -0.2) is 10.9 Å². The van der Waals surface area contributed by atoms with Crippen LogP contribution in [0.1, 0.15) is 15.2 Å². The van der Waals surface area contributed by atoms with E-state index in [1.165, 1.54) is 11.3 Å². The molecule has 4 nitrogen and oxygen atoms in total. The SMILES string of the molecule is Cc1cc(Br)cnc1NC(=O)c1sccc1N. The van der Waals surface area contributed by atoms with E-state index in [-0.39, 0.29) is 5.91 Å². The molecule has 3 N–H and O–H groups in total. The summed E-state index contributed by atoms with van der Waals surface area (Å²) in [5.74, 6) is 0.321. The number of carbonyl (C=O) groups is 1. The summed E-state index contributed by atoms with van der Waals surface area (Å²) in [5.41, 5.74) is 7.06. The highest BCUT2D eigenvalue weighted by Crippen LogP contribution is 2.22. The highest BCUT2D eigenvalue weighted by molar-refractivity contribution is 9.10. The number of nitrogens with zero attached hydrogens (tertiary/aromatic N) is 1. The van der Waals surface area contributed by atoms with E-state index in [1.807, 2.05) is 13.0 Å². The molecule has 0 saturated carbocycles. The van der Waals surface area contributed by atoms with E-state index in [0.717, 1.165) is 10.0 Å². The normalized spacial score (nSPS) is 10.2. The number of aromatic nitrogens is 1. The van der Waals surface area contributed by atoms with Crippen LogP contribution in [0.25, 0.3) is 0 Å². The van der Waals surface area contributed by atoms with Gasteiger partial charge < -0.3 is 11.1 Å². The number of nitrogens with two attached hydrogens (primary N) is 1. The summed E-state index contributed by atoms with van der Waals surface area (Å²) in [4.78, 5) is 16.6. The number of nitrogens with one attached hydrogen (secondary N) is 1. The number of pyridine rings is 1. The molecule has 0 aliphatic rings. The largest absolute Gasteiger partial charge is 0.397 e. The van der Waals surface area contributed by atoms with Gasteiger partial charge in [-0.3, -0.25) is 4.79 Å². The van der Waals surface area contributed by atoms with Crippen LogP contribution in [0.5, 0.6) is 0 Å². The van der Waals surface area contributed by atoms with Gasteiger partial charge >= 0.3 is 0 Å². The maximum absolute atomic E-state index is 11.9. The summed E-state index contributed by atoms with van der Waals surface area (Å²) in [5, 5.41) is 4.52. The Balaban J connectivity index is 2.22. The molecule has 0 aliphatic carbocycles. The van der Waals surface area contributed by atoms with Crippen LogP contribution in [0, 0.1) is 6.92 Å². The van der Waals surface area contributed by atoms with Crippen molar-refractivity contribution in [3.8, 4) is 0 Å². The Hall–Kier alpha value is -1.40. The standard InChI is InChI=1S/C11H10BrN3OS/c1-6-4-7(12)5-14-10(6)15-11(16)9-8(13)2-3-17-9/h2-5H,13H2,1H3,(H,14,15,16). The number of carbonyl (C=O) groups excluding carboxylic acids is 1. The molecule has 2 aromatic rings. The molecule has 2 rings (SSSR count). The zero-order valence-electron chi connectivity index (χ0n) is 9.03. The van der Waals surface area contributed by atoms with Crippen LogP contribution in [0.4, 0.5) is 11.5 Å². The van der Waals surface area contributed by atoms with E-state index in [2.05, 4.69) is 26.2 Å². The fourth-order valence-electron chi connectivity index (χ4n) is 1.34. The van der Waals surface area contributed by atoms with Gasteiger partial charge in [-0.2, -0.15) is 0 Å². The first-order chi connectivity index (χ1) is 8.08. The predicted molar refractivity (Wildman–Crippen MR) is 73.4 cm³/mol. The van der Waals surface area contributed by atoms with E-state index in [4.69, 9.17) is 5.73 Å². The van der Waals surface area contributed by atoms with E-state index in [1.54, 1.807) is 17.6 Å². The molecular formula is C11H10BrN3OS. The molecule has 0 bridgehead atoms. The Labute approximate surface area is 111 Å². The lowest BCUT2D eigenvalue weighted by Gasteiger charge is -2.06. The van der Waals surface area contributed by atoms with Gasteiger partial charge in [0.05, 0.1) is 5.69 Å². The molecule has 0 unspecified atom stereocenters.